The van der Waals surface area contributed by atoms with Crippen molar-refractivity contribution >= 4 is 57.8 Å². The normalized spacial score (nSPS) is 11.7. The summed E-state index contributed by atoms with van der Waals surface area (Å²) < 4.78 is 13.5. The Labute approximate surface area is 192 Å². The molecule has 0 atom stereocenters. The zero-order valence-corrected chi connectivity index (χ0v) is 20.7. The minimum absolute atomic E-state index is 0.0899. The lowest BCUT2D eigenvalue weighted by Gasteiger charge is -2.26. The molecular formula is C23H27ClN3O2PS. The van der Waals surface area contributed by atoms with E-state index in [9.17, 15) is 9.36 Å². The number of rotatable bonds is 7. The maximum absolute atomic E-state index is 13.5. The van der Waals surface area contributed by atoms with Gasteiger partial charge in [0.1, 0.15) is 13.0 Å². The smallest absolute Gasteiger partial charge is 0.221 e. The van der Waals surface area contributed by atoms with Crippen molar-refractivity contribution in [2.45, 2.75) is 45.9 Å². The van der Waals surface area contributed by atoms with Crippen molar-refractivity contribution < 1.29 is 9.36 Å². The third-order valence-electron chi connectivity index (χ3n) is 5.17. The van der Waals surface area contributed by atoms with Gasteiger partial charge in [-0.3, -0.25) is 4.79 Å². The fourth-order valence-corrected chi connectivity index (χ4v) is 7.69. The Morgan fingerprint density at radius 2 is 1.74 bits per heavy atom. The van der Waals surface area contributed by atoms with Crippen molar-refractivity contribution in [2.75, 3.05) is 10.6 Å². The average molecular weight is 476 g/mol. The summed E-state index contributed by atoms with van der Waals surface area (Å²) in [6.07, 6.45) is 1.69. The number of aromatic nitrogens is 1. The summed E-state index contributed by atoms with van der Waals surface area (Å²) in [5, 5.41) is 10.1. The fourth-order valence-electron chi connectivity index (χ4n) is 3.58. The Bertz CT molecular complexity index is 1110. The van der Waals surface area contributed by atoms with Crippen molar-refractivity contribution in [2.24, 2.45) is 0 Å². The topological polar surface area (TPSA) is 71.1 Å². The number of hydrogen-bond acceptors (Lipinski definition) is 5. The van der Waals surface area contributed by atoms with E-state index < -0.39 is 7.14 Å². The van der Waals surface area contributed by atoms with Gasteiger partial charge in [-0.25, -0.2) is 4.98 Å². The van der Waals surface area contributed by atoms with E-state index in [1.165, 1.54) is 18.3 Å². The molecule has 0 bridgehead atoms. The molecule has 0 fully saturated rings. The molecule has 31 heavy (non-hydrogen) atoms. The number of anilines is 3. The Kier molecular flexibility index (Phi) is 7.25. The third-order valence-corrected chi connectivity index (χ3v) is 10.6. The highest BCUT2D eigenvalue weighted by Gasteiger charge is 2.32. The van der Waals surface area contributed by atoms with E-state index >= 15 is 0 Å². The maximum Gasteiger partial charge on any atom is 0.221 e. The van der Waals surface area contributed by atoms with Crippen LogP contribution in [-0.2, 0) is 9.36 Å². The molecule has 0 saturated heterocycles. The molecule has 2 N–H and O–H groups in total. The lowest BCUT2D eigenvalue weighted by Crippen LogP contribution is -2.19. The maximum atomic E-state index is 13.5. The minimum atomic E-state index is -2.48. The van der Waals surface area contributed by atoms with E-state index in [1.54, 1.807) is 6.20 Å². The van der Waals surface area contributed by atoms with Crippen LogP contribution in [0.2, 0.25) is 5.02 Å². The molecule has 0 aliphatic rings. The van der Waals surface area contributed by atoms with Gasteiger partial charge < -0.3 is 15.2 Å². The molecule has 2 heterocycles. The fraction of sp³-hybridized carbons (Fsp3) is 0.304. The molecule has 3 rings (SSSR count). The summed E-state index contributed by atoms with van der Waals surface area (Å²) in [7, 11) is -2.48. The second kappa shape index (κ2) is 9.56. The van der Waals surface area contributed by atoms with Crippen molar-refractivity contribution in [3.63, 3.8) is 0 Å². The molecule has 1 aromatic carbocycles. The molecule has 2 aromatic heterocycles. The third kappa shape index (κ3) is 5.03. The van der Waals surface area contributed by atoms with Crippen molar-refractivity contribution in [1.29, 1.82) is 0 Å². The molecule has 0 saturated carbocycles. The quantitative estimate of drug-likeness (QED) is 0.362. The Morgan fingerprint density at radius 3 is 2.32 bits per heavy atom. The Balaban J connectivity index is 1.85. The van der Waals surface area contributed by atoms with Crippen LogP contribution >= 0.6 is 30.1 Å². The number of hydrogen-bond donors (Lipinski definition) is 2. The van der Waals surface area contributed by atoms with Crippen molar-refractivity contribution in [3.8, 4) is 11.1 Å². The summed E-state index contributed by atoms with van der Waals surface area (Å²) in [5.74, 6) is 0.426. The average Bonchev–Trinajstić information content (AvgIpc) is 3.16. The Morgan fingerprint density at radius 1 is 1.10 bits per heavy atom. The van der Waals surface area contributed by atoms with Crippen LogP contribution in [0.3, 0.4) is 0 Å². The van der Waals surface area contributed by atoms with Crippen LogP contribution in [0.1, 0.15) is 34.6 Å². The molecule has 0 aliphatic heterocycles. The molecule has 0 spiro atoms. The largest absolute Gasteiger partial charge is 0.339 e. The summed E-state index contributed by atoms with van der Waals surface area (Å²) in [5.41, 5.74) is 2.74. The van der Waals surface area contributed by atoms with Gasteiger partial charge in [-0.05, 0) is 42.0 Å². The molecule has 164 valence electrons. The summed E-state index contributed by atoms with van der Waals surface area (Å²) >= 11 is 8.08. The first-order chi connectivity index (χ1) is 14.6. The second-order valence-electron chi connectivity index (χ2n) is 7.97. The van der Waals surface area contributed by atoms with E-state index in [1.807, 2.05) is 69.5 Å². The van der Waals surface area contributed by atoms with Gasteiger partial charge in [-0.1, -0.05) is 39.3 Å². The van der Waals surface area contributed by atoms with Crippen LogP contribution in [0.4, 0.5) is 16.5 Å². The molecular weight excluding hydrogens is 449 g/mol. The van der Waals surface area contributed by atoms with Crippen LogP contribution in [0, 0.1) is 0 Å². The summed E-state index contributed by atoms with van der Waals surface area (Å²) in [6, 6.07) is 11.4. The predicted molar refractivity (Wildman–Crippen MR) is 134 cm³/mol. The van der Waals surface area contributed by atoms with Gasteiger partial charge in [-0.2, -0.15) is 0 Å². The zero-order chi connectivity index (χ0) is 22.8. The summed E-state index contributed by atoms with van der Waals surface area (Å²) in [4.78, 5) is 15.7. The van der Waals surface area contributed by atoms with Gasteiger partial charge in [0.25, 0.3) is 0 Å². The van der Waals surface area contributed by atoms with Crippen LogP contribution in [-0.4, -0.2) is 22.2 Å². The van der Waals surface area contributed by atoms with Crippen LogP contribution < -0.4 is 15.9 Å². The number of nitrogens with zero attached hydrogens (tertiary/aromatic N) is 1. The zero-order valence-electron chi connectivity index (χ0n) is 18.3. The molecule has 5 nitrogen and oxygen atoms in total. The molecule has 8 heteroatoms. The van der Waals surface area contributed by atoms with Gasteiger partial charge >= 0.3 is 0 Å². The first-order valence-corrected chi connectivity index (χ1v) is 13.2. The monoisotopic (exact) mass is 475 g/mol. The molecule has 0 unspecified atom stereocenters. The number of pyridine rings is 1. The molecule has 3 aromatic rings. The van der Waals surface area contributed by atoms with E-state index in [-0.39, 0.29) is 17.2 Å². The number of nitrogens with one attached hydrogen (secondary N) is 2. The van der Waals surface area contributed by atoms with Gasteiger partial charge in [0, 0.05) is 46.4 Å². The predicted octanol–water partition coefficient (Wildman–Crippen LogP) is 6.97. The van der Waals surface area contributed by atoms with E-state index in [0.717, 1.165) is 27.1 Å². The van der Waals surface area contributed by atoms with E-state index in [2.05, 4.69) is 15.6 Å². The number of amides is 1. The summed E-state index contributed by atoms with van der Waals surface area (Å²) in [6.45, 7) is 9.55. The SMILES string of the molecule is CC(=O)Nc1cc(-c2ccnc(Nc3ccc(P(=O)(C(C)C)C(C)C)cc3)c2Cl)cs1. The second-order valence-corrected chi connectivity index (χ2v) is 13.3. The van der Waals surface area contributed by atoms with Gasteiger partial charge in [-0.15, -0.1) is 11.3 Å². The van der Waals surface area contributed by atoms with Crippen molar-refractivity contribution in [3.05, 3.63) is 53.0 Å². The standard InChI is InChI=1S/C23H27ClN3O2PS/c1-14(2)30(29,15(3)4)19-8-6-18(7-9-19)27-23-22(24)20(10-11-25-23)17-12-21(31-13-17)26-16(5)28/h6-15H,1-5H3,(H,25,27)(H,26,28). The van der Waals surface area contributed by atoms with Crippen LogP contribution in [0.5, 0.6) is 0 Å². The lowest BCUT2D eigenvalue weighted by molar-refractivity contribution is -0.114. The minimum Gasteiger partial charge on any atom is -0.339 e. The highest BCUT2D eigenvalue weighted by molar-refractivity contribution is 7.72. The molecule has 0 radical (unpaired) electrons. The van der Waals surface area contributed by atoms with Crippen LogP contribution in [0.25, 0.3) is 11.1 Å². The van der Waals surface area contributed by atoms with E-state index in [0.29, 0.717) is 10.8 Å². The molecule has 1 amide bonds. The van der Waals surface area contributed by atoms with Gasteiger partial charge in [0.05, 0.1) is 10.0 Å². The van der Waals surface area contributed by atoms with Gasteiger partial charge in [0.2, 0.25) is 5.91 Å². The number of benzene rings is 1. The van der Waals surface area contributed by atoms with E-state index in [4.69, 9.17) is 11.6 Å². The first-order valence-electron chi connectivity index (χ1n) is 10.1. The van der Waals surface area contributed by atoms with Gasteiger partial charge in [0.15, 0.2) is 0 Å². The number of carbonyl (C=O) groups is 1. The first kappa shape index (κ1) is 23.5. The van der Waals surface area contributed by atoms with Crippen molar-refractivity contribution in [1.82, 2.24) is 4.98 Å². The number of carbonyl (C=O) groups excluding carboxylic acids is 1. The lowest BCUT2D eigenvalue weighted by atomic mass is 10.1. The Hall–Kier alpha value is -2.14. The number of halogens is 1. The van der Waals surface area contributed by atoms with Crippen LogP contribution in [0.15, 0.2) is 48.0 Å². The highest BCUT2D eigenvalue weighted by Crippen LogP contribution is 2.53. The number of thiophene rings is 1. The molecule has 0 aliphatic carbocycles. The highest BCUT2D eigenvalue weighted by atomic mass is 35.5.